The van der Waals surface area contributed by atoms with Gasteiger partial charge in [-0.25, -0.2) is 0 Å². The molecular weight excluding hydrogens is 546 g/mol. The highest BCUT2D eigenvalue weighted by molar-refractivity contribution is 5.80. The highest BCUT2D eigenvalue weighted by Gasteiger charge is 2.44. The fraction of sp³-hybridized carbons (Fsp3) is 0.968. The van der Waals surface area contributed by atoms with Gasteiger partial charge in [0, 0.05) is 0 Å². The van der Waals surface area contributed by atoms with Crippen molar-refractivity contribution in [1.82, 2.24) is 5.32 Å². The lowest BCUT2D eigenvalue weighted by atomic mass is 9.98. The van der Waals surface area contributed by atoms with Crippen molar-refractivity contribution in [2.75, 3.05) is 13.2 Å². The molecule has 11 nitrogen and oxygen atoms in total. The summed E-state index contributed by atoms with van der Waals surface area (Å²) in [7, 11) is 0. The first-order valence-corrected chi connectivity index (χ1v) is 16.4. The summed E-state index contributed by atoms with van der Waals surface area (Å²) in [4.78, 5) is 12.8. The molecule has 0 aromatic rings. The topological polar surface area (TPSA) is 189 Å². The molecule has 0 aromatic carbocycles. The number of ether oxygens (including phenoxy) is 2. The van der Waals surface area contributed by atoms with Crippen LogP contribution in [0.15, 0.2) is 0 Å². The molecule has 250 valence electrons. The van der Waals surface area contributed by atoms with E-state index in [-0.39, 0.29) is 6.42 Å². The van der Waals surface area contributed by atoms with Crippen LogP contribution in [0.25, 0.3) is 0 Å². The average molecular weight is 608 g/mol. The molecule has 1 fully saturated rings. The number of carbonyl (C=O) groups is 1. The lowest BCUT2D eigenvalue weighted by molar-refractivity contribution is -0.303. The molecule has 11 heteroatoms. The lowest BCUT2D eigenvalue weighted by Crippen LogP contribution is -2.60. The van der Waals surface area contributed by atoms with Crippen molar-refractivity contribution in [1.29, 1.82) is 0 Å². The van der Waals surface area contributed by atoms with E-state index in [1.54, 1.807) is 0 Å². The Morgan fingerprint density at radius 1 is 0.738 bits per heavy atom. The molecule has 0 bridgehead atoms. The molecule has 9 unspecified atom stereocenters. The van der Waals surface area contributed by atoms with Crippen molar-refractivity contribution in [3.05, 3.63) is 0 Å². The van der Waals surface area contributed by atoms with Gasteiger partial charge < -0.3 is 50.5 Å². The van der Waals surface area contributed by atoms with E-state index in [0.29, 0.717) is 19.3 Å². The van der Waals surface area contributed by atoms with Crippen molar-refractivity contribution in [2.24, 2.45) is 0 Å². The van der Waals surface area contributed by atoms with Crippen LogP contribution in [0.5, 0.6) is 0 Å². The second-order valence-electron chi connectivity index (χ2n) is 11.9. The third-order valence-corrected chi connectivity index (χ3v) is 8.16. The quantitative estimate of drug-likeness (QED) is 0.0713. The molecule has 1 heterocycles. The molecule has 1 rings (SSSR count). The molecule has 0 radical (unpaired) electrons. The Kier molecular flexibility index (Phi) is 21.9. The van der Waals surface area contributed by atoms with Gasteiger partial charge in [-0.1, -0.05) is 110 Å². The van der Waals surface area contributed by atoms with Crippen LogP contribution in [-0.4, -0.2) is 110 Å². The van der Waals surface area contributed by atoms with E-state index in [9.17, 15) is 40.5 Å². The number of unbranched alkanes of at least 4 members (excludes halogenated alkanes) is 13. The number of rotatable bonds is 25. The zero-order chi connectivity index (χ0) is 31.3. The predicted molar refractivity (Wildman–Crippen MR) is 160 cm³/mol. The van der Waals surface area contributed by atoms with Crippen LogP contribution in [0, 0.1) is 0 Å². The van der Waals surface area contributed by atoms with Gasteiger partial charge in [0.2, 0.25) is 5.91 Å². The van der Waals surface area contributed by atoms with Crippen molar-refractivity contribution in [3.63, 3.8) is 0 Å². The Balaban J connectivity index is 2.53. The molecule has 0 aliphatic carbocycles. The summed E-state index contributed by atoms with van der Waals surface area (Å²) in [6, 6.07) is -1.15. The number of aliphatic hydroxyl groups excluding tert-OH is 7. The van der Waals surface area contributed by atoms with E-state index < -0.39 is 74.2 Å². The van der Waals surface area contributed by atoms with Crippen molar-refractivity contribution in [3.8, 4) is 0 Å². The Morgan fingerprint density at radius 2 is 1.24 bits per heavy atom. The predicted octanol–water partition coefficient (Wildman–Crippen LogP) is 2.04. The van der Waals surface area contributed by atoms with Gasteiger partial charge in [-0.2, -0.15) is 0 Å². The minimum absolute atomic E-state index is 0.263. The Morgan fingerprint density at radius 3 is 1.79 bits per heavy atom. The van der Waals surface area contributed by atoms with Crippen LogP contribution in [0.1, 0.15) is 123 Å². The largest absolute Gasteiger partial charge is 0.394 e. The highest BCUT2D eigenvalue weighted by Crippen LogP contribution is 2.23. The monoisotopic (exact) mass is 607 g/mol. The summed E-state index contributed by atoms with van der Waals surface area (Å²) in [6.45, 7) is 3.18. The molecule has 9 atom stereocenters. The number of hydrogen-bond acceptors (Lipinski definition) is 10. The van der Waals surface area contributed by atoms with Crippen molar-refractivity contribution >= 4 is 5.91 Å². The molecular formula is C31H61NO10. The van der Waals surface area contributed by atoms with Gasteiger partial charge in [0.05, 0.1) is 25.4 Å². The third-order valence-electron chi connectivity index (χ3n) is 8.16. The lowest BCUT2D eigenvalue weighted by Gasteiger charge is -2.40. The number of hydrogen-bond donors (Lipinski definition) is 8. The highest BCUT2D eigenvalue weighted by atomic mass is 16.7. The minimum atomic E-state index is -1.65. The van der Waals surface area contributed by atoms with Gasteiger partial charge >= 0.3 is 0 Å². The van der Waals surface area contributed by atoms with E-state index in [0.717, 1.165) is 32.1 Å². The van der Waals surface area contributed by atoms with Gasteiger partial charge in [0.1, 0.15) is 36.6 Å². The fourth-order valence-electron chi connectivity index (χ4n) is 5.26. The summed E-state index contributed by atoms with van der Waals surface area (Å²) < 4.78 is 10.9. The van der Waals surface area contributed by atoms with Gasteiger partial charge in [-0.05, 0) is 12.8 Å². The molecule has 42 heavy (non-hydrogen) atoms. The summed E-state index contributed by atoms with van der Waals surface area (Å²) in [5, 5.41) is 74.0. The van der Waals surface area contributed by atoms with Crippen LogP contribution >= 0.6 is 0 Å². The zero-order valence-electron chi connectivity index (χ0n) is 26.0. The molecule has 8 N–H and O–H groups in total. The molecule has 1 amide bonds. The van der Waals surface area contributed by atoms with Crippen LogP contribution < -0.4 is 5.32 Å². The zero-order valence-corrected chi connectivity index (χ0v) is 26.0. The normalized spacial score (nSPS) is 25.6. The Hall–Kier alpha value is -0.890. The molecule has 0 aromatic heterocycles. The first-order chi connectivity index (χ1) is 20.2. The maximum atomic E-state index is 12.8. The maximum Gasteiger partial charge on any atom is 0.249 e. The molecule has 0 saturated carbocycles. The van der Waals surface area contributed by atoms with E-state index >= 15 is 0 Å². The second-order valence-corrected chi connectivity index (χ2v) is 11.9. The summed E-state index contributed by atoms with van der Waals surface area (Å²) in [5.41, 5.74) is 0. The van der Waals surface area contributed by atoms with Gasteiger partial charge in [-0.15, -0.1) is 0 Å². The fourth-order valence-corrected chi connectivity index (χ4v) is 5.26. The van der Waals surface area contributed by atoms with E-state index in [4.69, 9.17) is 9.47 Å². The third kappa shape index (κ3) is 15.2. The summed E-state index contributed by atoms with van der Waals surface area (Å²) in [6.07, 6.45) is 5.66. The SMILES string of the molecule is CCCCCCCCCCCCCCC(O)C(=O)NC(COC1OC(CO)C(O)C(O)C1O)C(O)C(O)CCCCC. The number of nitrogens with one attached hydrogen (secondary N) is 1. The van der Waals surface area contributed by atoms with Crippen LogP contribution in [-0.2, 0) is 14.3 Å². The van der Waals surface area contributed by atoms with Crippen LogP contribution in [0.2, 0.25) is 0 Å². The molecule has 1 aliphatic rings. The van der Waals surface area contributed by atoms with Crippen molar-refractivity contribution in [2.45, 2.75) is 178 Å². The number of amides is 1. The van der Waals surface area contributed by atoms with Crippen LogP contribution in [0.3, 0.4) is 0 Å². The van der Waals surface area contributed by atoms with E-state index in [2.05, 4.69) is 12.2 Å². The van der Waals surface area contributed by atoms with Gasteiger partial charge in [-0.3, -0.25) is 4.79 Å². The van der Waals surface area contributed by atoms with Gasteiger partial charge in [0.15, 0.2) is 6.29 Å². The first-order valence-electron chi connectivity index (χ1n) is 16.4. The number of carbonyl (C=O) groups excluding carboxylic acids is 1. The van der Waals surface area contributed by atoms with Crippen molar-refractivity contribution < 1.29 is 50.0 Å². The maximum absolute atomic E-state index is 12.8. The molecule has 0 spiro atoms. The average Bonchev–Trinajstić information content (AvgIpc) is 2.98. The summed E-state index contributed by atoms with van der Waals surface area (Å²) in [5.74, 6) is -0.708. The Labute approximate surface area is 252 Å². The molecule has 1 aliphatic heterocycles. The van der Waals surface area contributed by atoms with Gasteiger partial charge in [0.25, 0.3) is 0 Å². The smallest absolute Gasteiger partial charge is 0.249 e. The van der Waals surface area contributed by atoms with Crippen LogP contribution in [0.4, 0.5) is 0 Å². The van der Waals surface area contributed by atoms with E-state index in [1.807, 2.05) is 6.92 Å². The standard InChI is InChI=1S/C31H61NO10/c1-3-5-7-8-9-10-11-12-13-14-15-17-19-24(35)30(40)32-22(26(36)23(34)18-16-6-4-2)21-41-31-29(39)28(38)27(37)25(20-33)42-31/h22-29,31,33-39H,3-21H2,1-2H3,(H,32,40). The molecule has 1 saturated heterocycles. The number of aliphatic hydroxyl groups is 7. The summed E-state index contributed by atoms with van der Waals surface area (Å²) >= 11 is 0. The second kappa shape index (κ2) is 23.5. The first kappa shape index (κ1) is 39.1. The minimum Gasteiger partial charge on any atom is -0.394 e. The Bertz CT molecular complexity index is 670. The van der Waals surface area contributed by atoms with E-state index in [1.165, 1.54) is 51.4 Å².